The summed E-state index contributed by atoms with van der Waals surface area (Å²) in [7, 11) is -10.9. The SMILES string of the molecule is CC[Si](C)(O[Si](C)(C)C)O[Si](C)(CCCOC)O[Si](C)(CCCOCCCC(=O)OC)O[Si](C)(C)O[Si](C)(C)C. The minimum Gasteiger partial charge on any atom is -0.469 e. The molecule has 15 heteroatoms. The molecule has 0 aliphatic carbocycles. The molecule has 0 aromatic carbocycles. The third kappa shape index (κ3) is 19.6. The highest BCUT2D eigenvalue weighted by Crippen LogP contribution is 2.33. The van der Waals surface area contributed by atoms with Crippen LogP contribution < -0.4 is 0 Å². The van der Waals surface area contributed by atoms with Crippen LogP contribution in [0.15, 0.2) is 0 Å². The predicted octanol–water partition coefficient (Wildman–Crippen LogP) is 7.07. The van der Waals surface area contributed by atoms with Crippen molar-refractivity contribution in [2.24, 2.45) is 0 Å². The largest absolute Gasteiger partial charge is 0.469 e. The normalized spacial score (nSPS) is 17.6. The van der Waals surface area contributed by atoms with E-state index in [9.17, 15) is 4.79 Å². The van der Waals surface area contributed by atoms with Gasteiger partial charge in [0.2, 0.25) is 0 Å². The smallest absolute Gasteiger partial charge is 0.317 e. The first-order valence-corrected chi connectivity index (χ1v) is 32.0. The average molecular weight is 675 g/mol. The Morgan fingerprint density at radius 3 is 1.52 bits per heavy atom. The van der Waals surface area contributed by atoms with Crippen molar-refractivity contribution in [3.8, 4) is 0 Å². The molecule has 3 atom stereocenters. The molecule has 9 nitrogen and oxygen atoms in total. The lowest BCUT2D eigenvalue weighted by Gasteiger charge is -2.45. The van der Waals surface area contributed by atoms with E-state index in [1.165, 1.54) is 7.11 Å². The fraction of sp³-hybridized carbons (Fsp3) is 0.960. The number of carbonyl (C=O) groups excluding carboxylic acids is 1. The van der Waals surface area contributed by atoms with Crippen molar-refractivity contribution in [2.75, 3.05) is 34.0 Å². The van der Waals surface area contributed by atoms with Gasteiger partial charge < -0.3 is 34.8 Å². The number of hydrogen-bond donors (Lipinski definition) is 0. The van der Waals surface area contributed by atoms with Crippen LogP contribution >= 0.6 is 0 Å². The van der Waals surface area contributed by atoms with E-state index in [1.54, 1.807) is 7.11 Å². The van der Waals surface area contributed by atoms with Gasteiger partial charge in [-0.2, -0.15) is 0 Å². The van der Waals surface area contributed by atoms with Gasteiger partial charge in [-0.3, -0.25) is 4.79 Å². The number of methoxy groups -OCH3 is 2. The Hall–Kier alpha value is 0.491. The molecule has 0 aromatic rings. The highest BCUT2D eigenvalue weighted by molar-refractivity contribution is 6.91. The van der Waals surface area contributed by atoms with E-state index in [2.05, 4.69) is 78.9 Å². The minimum absolute atomic E-state index is 0.210. The molecule has 0 radical (unpaired) electrons. The zero-order valence-electron chi connectivity index (χ0n) is 28.2. The molecule has 3 unspecified atom stereocenters. The molecule has 0 amide bonds. The van der Waals surface area contributed by atoms with E-state index in [0.29, 0.717) is 32.7 Å². The van der Waals surface area contributed by atoms with Gasteiger partial charge in [-0.1, -0.05) is 6.92 Å². The van der Waals surface area contributed by atoms with Crippen LogP contribution in [0.4, 0.5) is 0 Å². The third-order valence-electron chi connectivity index (χ3n) is 5.84. The minimum atomic E-state index is -2.76. The maximum absolute atomic E-state index is 11.4. The monoisotopic (exact) mass is 674 g/mol. The summed E-state index contributed by atoms with van der Waals surface area (Å²) in [6.45, 7) is 28.0. The van der Waals surface area contributed by atoms with Gasteiger partial charge in [-0.05, 0) is 109 Å². The summed E-state index contributed by atoms with van der Waals surface area (Å²) in [6, 6.07) is 2.45. The first kappa shape index (κ1) is 40.5. The van der Waals surface area contributed by atoms with E-state index in [1.807, 2.05) is 0 Å². The Morgan fingerprint density at radius 1 is 0.575 bits per heavy atom. The summed E-state index contributed by atoms with van der Waals surface area (Å²) in [4.78, 5) is 11.4. The topological polar surface area (TPSA) is 90.9 Å². The lowest BCUT2D eigenvalue weighted by atomic mass is 10.3. The Kier molecular flexibility index (Phi) is 17.9. The standard InChI is InChI=1S/C25H62O9Si6/c1-15-38(12,31-36(7,8)9)33-40(14,23-17-20-27-2)34-39(13,32-37(10,11)30-35(4,5)6)24-18-22-29-21-16-19-25(26)28-3/h15-24H2,1-14H3. The Morgan fingerprint density at radius 2 is 1.05 bits per heavy atom. The zero-order valence-corrected chi connectivity index (χ0v) is 34.2. The lowest BCUT2D eigenvalue weighted by Crippen LogP contribution is -2.62. The molecule has 0 fully saturated rings. The second kappa shape index (κ2) is 17.7. The predicted molar refractivity (Wildman–Crippen MR) is 178 cm³/mol. The van der Waals surface area contributed by atoms with Crippen LogP contribution in [-0.2, 0) is 39.6 Å². The van der Waals surface area contributed by atoms with Gasteiger partial charge in [0.05, 0.1) is 7.11 Å². The highest BCUT2D eigenvalue weighted by Gasteiger charge is 2.51. The molecule has 0 aliphatic rings. The molecule has 240 valence electrons. The maximum Gasteiger partial charge on any atom is 0.317 e. The number of ether oxygens (including phenoxy) is 3. The molecule has 0 spiro atoms. The van der Waals surface area contributed by atoms with Gasteiger partial charge in [-0.25, -0.2) is 0 Å². The van der Waals surface area contributed by atoms with Crippen molar-refractivity contribution in [1.29, 1.82) is 0 Å². The highest BCUT2D eigenvalue weighted by atomic mass is 28.5. The van der Waals surface area contributed by atoms with E-state index in [-0.39, 0.29) is 5.97 Å². The summed E-state index contributed by atoms with van der Waals surface area (Å²) in [5, 5.41) is 0. The van der Waals surface area contributed by atoms with Gasteiger partial charge >= 0.3 is 40.2 Å². The quantitative estimate of drug-likeness (QED) is 0.0641. The first-order chi connectivity index (χ1) is 18.1. The Balaban J connectivity index is 5.90. The van der Waals surface area contributed by atoms with Crippen molar-refractivity contribution >= 4 is 56.8 Å². The van der Waals surface area contributed by atoms with E-state index < -0.39 is 50.9 Å². The summed E-state index contributed by atoms with van der Waals surface area (Å²) in [6.07, 6.45) is 2.68. The summed E-state index contributed by atoms with van der Waals surface area (Å²) >= 11 is 0. The number of rotatable bonds is 23. The Labute approximate surface area is 252 Å². The van der Waals surface area contributed by atoms with Crippen molar-refractivity contribution in [3.05, 3.63) is 0 Å². The number of esters is 1. The molecule has 0 rings (SSSR count). The van der Waals surface area contributed by atoms with Crippen LogP contribution in [0.25, 0.3) is 0 Å². The first-order valence-electron chi connectivity index (χ1n) is 14.8. The molecular formula is C25H62O9Si6. The van der Waals surface area contributed by atoms with Crippen molar-refractivity contribution in [2.45, 2.75) is 123 Å². The van der Waals surface area contributed by atoms with Crippen LogP contribution in [0.1, 0.15) is 32.6 Å². The van der Waals surface area contributed by atoms with Crippen LogP contribution in [0, 0.1) is 0 Å². The zero-order chi connectivity index (χ0) is 31.3. The second-order valence-electron chi connectivity index (χ2n) is 13.4. The molecule has 40 heavy (non-hydrogen) atoms. The van der Waals surface area contributed by atoms with Crippen LogP contribution in [0.2, 0.25) is 90.1 Å². The molecule has 0 aliphatic heterocycles. The number of hydrogen-bond acceptors (Lipinski definition) is 9. The van der Waals surface area contributed by atoms with Gasteiger partial charge in [0.25, 0.3) is 0 Å². The van der Waals surface area contributed by atoms with E-state index in [4.69, 9.17) is 34.8 Å². The van der Waals surface area contributed by atoms with Gasteiger partial charge in [0, 0.05) is 33.4 Å². The second-order valence-corrected chi connectivity index (χ2v) is 37.2. The van der Waals surface area contributed by atoms with Gasteiger partial charge in [0.1, 0.15) is 0 Å². The molecule has 0 saturated carbocycles. The van der Waals surface area contributed by atoms with Crippen molar-refractivity contribution in [1.82, 2.24) is 0 Å². The van der Waals surface area contributed by atoms with Gasteiger partial charge in [-0.15, -0.1) is 0 Å². The molecule has 0 bridgehead atoms. The average Bonchev–Trinajstić information content (AvgIpc) is 2.74. The number of carbonyl (C=O) groups is 1. The lowest BCUT2D eigenvalue weighted by molar-refractivity contribution is -0.141. The van der Waals surface area contributed by atoms with Crippen LogP contribution in [0.3, 0.4) is 0 Å². The molecular weight excluding hydrogens is 613 g/mol. The van der Waals surface area contributed by atoms with Crippen molar-refractivity contribution in [3.63, 3.8) is 0 Å². The van der Waals surface area contributed by atoms with E-state index >= 15 is 0 Å². The van der Waals surface area contributed by atoms with Gasteiger partial charge in [0.15, 0.2) is 16.6 Å². The molecule has 0 heterocycles. The van der Waals surface area contributed by atoms with Crippen molar-refractivity contribution < 1.29 is 39.6 Å². The molecule has 0 N–H and O–H groups in total. The van der Waals surface area contributed by atoms with E-state index in [0.717, 1.165) is 31.0 Å². The fourth-order valence-corrected chi connectivity index (χ4v) is 33.9. The van der Waals surface area contributed by atoms with Crippen LogP contribution in [0.5, 0.6) is 0 Å². The summed E-state index contributed by atoms with van der Waals surface area (Å²) < 4.78 is 50.5. The summed E-state index contributed by atoms with van der Waals surface area (Å²) in [5.74, 6) is -0.210. The summed E-state index contributed by atoms with van der Waals surface area (Å²) in [5.41, 5.74) is 0. The third-order valence-corrected chi connectivity index (χ3v) is 28.8. The fourth-order valence-electron chi connectivity index (χ4n) is 4.81. The molecule has 0 aromatic heterocycles. The van der Waals surface area contributed by atoms with Crippen LogP contribution in [-0.4, -0.2) is 90.9 Å². The Bertz CT molecular complexity index is 735. The molecule has 0 saturated heterocycles. The maximum atomic E-state index is 11.4.